The van der Waals surface area contributed by atoms with Gasteiger partial charge in [0.05, 0.1) is 27.8 Å². The van der Waals surface area contributed by atoms with Crippen LogP contribution in [0.5, 0.6) is 0 Å². The summed E-state index contributed by atoms with van der Waals surface area (Å²) in [5.74, 6) is 0.947. The summed E-state index contributed by atoms with van der Waals surface area (Å²) in [5.41, 5.74) is 22.0. The fourth-order valence-corrected chi connectivity index (χ4v) is 10.7. The monoisotopic (exact) mass is 952 g/mol. The summed E-state index contributed by atoms with van der Waals surface area (Å²) in [6.07, 6.45) is 10.6. The average Bonchev–Trinajstić information content (AvgIpc) is 4.23. The lowest BCUT2D eigenvalue weighted by Crippen LogP contribution is -2.03. The molecule has 0 fully saturated rings. The summed E-state index contributed by atoms with van der Waals surface area (Å²) in [5, 5.41) is 5.02. The molecule has 0 unspecified atom stereocenters. The van der Waals surface area contributed by atoms with Crippen molar-refractivity contribution >= 4 is 56.2 Å². The zero-order chi connectivity index (χ0) is 49.9. The van der Waals surface area contributed by atoms with Crippen LogP contribution in [0.3, 0.4) is 0 Å². The van der Waals surface area contributed by atoms with Crippen LogP contribution >= 0.6 is 12.6 Å². The summed E-state index contributed by atoms with van der Waals surface area (Å²) in [6.45, 7) is 12.5. The maximum atomic E-state index is 4.81. The third kappa shape index (κ3) is 8.34. The van der Waals surface area contributed by atoms with E-state index in [2.05, 4.69) is 240 Å². The molecule has 1 aliphatic rings. The minimum Gasteiger partial charge on any atom is -0.309 e. The van der Waals surface area contributed by atoms with E-state index in [0.717, 1.165) is 29.2 Å². The number of aryl methyl sites for hydroxylation is 1. The lowest BCUT2D eigenvalue weighted by Gasteiger charge is -2.18. The maximum Gasteiger partial charge on any atom is 0.144 e. The highest BCUT2D eigenvalue weighted by Gasteiger charge is 2.23. The number of fused-ring (bicyclic) bond motifs is 9. The fraction of sp³-hybridized carbons (Fsp3) is 0.119. The van der Waals surface area contributed by atoms with Crippen LogP contribution in [0.15, 0.2) is 219 Å². The van der Waals surface area contributed by atoms with Gasteiger partial charge in [0.2, 0.25) is 0 Å². The second kappa shape index (κ2) is 20.7. The number of para-hydroxylation sites is 4. The summed E-state index contributed by atoms with van der Waals surface area (Å²) >= 11 is 3.53. The van der Waals surface area contributed by atoms with Gasteiger partial charge >= 0.3 is 0 Å². The molecule has 0 N–H and O–H groups in total. The first-order chi connectivity index (χ1) is 35.5. The second-order valence-electron chi connectivity index (χ2n) is 18.0. The predicted octanol–water partition coefficient (Wildman–Crippen LogP) is 18.4. The largest absolute Gasteiger partial charge is 0.309 e. The van der Waals surface area contributed by atoms with Crippen LogP contribution in [0.25, 0.3) is 105 Å². The summed E-state index contributed by atoms with van der Waals surface area (Å²) in [6, 6.07) is 71.6. The van der Waals surface area contributed by atoms with Gasteiger partial charge in [0.15, 0.2) is 0 Å². The lowest BCUT2D eigenvalue weighted by atomic mass is 9.92. The summed E-state index contributed by atoms with van der Waals surface area (Å²) in [4.78, 5) is 4.81. The van der Waals surface area contributed by atoms with Crippen molar-refractivity contribution in [1.82, 2.24) is 18.7 Å². The topological polar surface area (TPSA) is 27.7 Å². The van der Waals surface area contributed by atoms with Crippen molar-refractivity contribution < 1.29 is 0 Å². The fourth-order valence-electron chi connectivity index (χ4n) is 10.7. The number of allylic oxidation sites excluding steroid dienone is 2. The van der Waals surface area contributed by atoms with Gasteiger partial charge in [-0.15, -0.1) is 0 Å². The highest BCUT2D eigenvalue weighted by molar-refractivity contribution is 7.79. The first-order valence-corrected chi connectivity index (χ1v) is 26.0. The van der Waals surface area contributed by atoms with Gasteiger partial charge < -0.3 is 9.13 Å². The second-order valence-corrected chi connectivity index (χ2v) is 18.0. The van der Waals surface area contributed by atoms with Gasteiger partial charge in [0.25, 0.3) is 0 Å². The van der Waals surface area contributed by atoms with Crippen LogP contribution in [0, 0.1) is 13.8 Å². The molecule has 0 spiro atoms. The zero-order valence-electron chi connectivity index (χ0n) is 42.2. The number of rotatable bonds is 6. The smallest absolute Gasteiger partial charge is 0.144 e. The Balaban J connectivity index is 0.000000705. The molecule has 9 aromatic carbocycles. The molecule has 3 heterocycles. The minimum atomic E-state index is 0.923. The van der Waals surface area contributed by atoms with Gasteiger partial charge in [0, 0.05) is 50.9 Å². The Morgan fingerprint density at radius 1 is 0.444 bits per heavy atom. The summed E-state index contributed by atoms with van der Waals surface area (Å²) in [7, 11) is 0. The third-order valence-electron chi connectivity index (χ3n) is 14.0. The molecule has 1 aliphatic carbocycles. The van der Waals surface area contributed by atoms with Crippen molar-refractivity contribution in [2.45, 2.75) is 48.0 Å². The van der Waals surface area contributed by atoms with Crippen molar-refractivity contribution in [1.29, 1.82) is 0 Å². The number of benzene rings is 9. The Labute approximate surface area is 429 Å². The zero-order valence-corrected chi connectivity index (χ0v) is 43.1. The van der Waals surface area contributed by atoms with E-state index in [9.17, 15) is 0 Å². The van der Waals surface area contributed by atoms with E-state index in [1.807, 2.05) is 46.0 Å². The molecule has 0 atom stereocenters. The molecule has 5 heteroatoms. The van der Waals surface area contributed by atoms with Crippen LogP contribution in [0.4, 0.5) is 0 Å². The lowest BCUT2D eigenvalue weighted by molar-refractivity contribution is 1.03. The van der Waals surface area contributed by atoms with Crippen LogP contribution in [0.2, 0.25) is 0 Å². The standard InChI is InChI=1S/C60H42N4.C4H8.C2H6.CH4S/c1-38-24-29-48(39(2)59(38)62-31-30-61-60(62)40-14-4-3-5-15-40)44-28-27-43-32-42-26-25-41(35-53(42)54(43)36-44)45-33-46(63-55-20-10-6-16-49(55)50-17-7-11-21-56(50)63)37-47(34-45)64-57-22-12-8-18-51(57)52-19-9-13-23-58(52)64;1-3-4-2;2*1-2/h3-31,33-37H,32H2,1-2H3;3-4H,1-2H3;1-2H3;2H,1H3/b;4-3-;;. The number of hydrogen-bond acceptors (Lipinski definition) is 2. The van der Waals surface area contributed by atoms with Crippen LogP contribution in [-0.2, 0) is 6.42 Å². The van der Waals surface area contributed by atoms with E-state index >= 15 is 0 Å². The van der Waals surface area contributed by atoms with E-state index in [0.29, 0.717) is 0 Å². The molecule has 13 rings (SSSR count). The van der Waals surface area contributed by atoms with E-state index in [1.165, 1.54) is 105 Å². The van der Waals surface area contributed by atoms with E-state index in [4.69, 9.17) is 4.98 Å². The number of nitrogens with zero attached hydrogens (tertiary/aromatic N) is 4. The minimum absolute atomic E-state index is 0.923. The predicted molar refractivity (Wildman–Crippen MR) is 313 cm³/mol. The normalized spacial score (nSPS) is 11.5. The number of thiol groups is 1. The van der Waals surface area contributed by atoms with Gasteiger partial charge in [-0.05, 0) is 151 Å². The Bertz CT molecular complexity index is 3700. The first-order valence-electron chi connectivity index (χ1n) is 25.1. The van der Waals surface area contributed by atoms with Gasteiger partial charge in [-0.25, -0.2) is 4.98 Å². The molecule has 0 radical (unpaired) electrons. The summed E-state index contributed by atoms with van der Waals surface area (Å²) < 4.78 is 7.15. The van der Waals surface area contributed by atoms with E-state index < -0.39 is 0 Å². The van der Waals surface area contributed by atoms with Crippen LogP contribution < -0.4 is 0 Å². The van der Waals surface area contributed by atoms with Crippen LogP contribution in [-0.4, -0.2) is 24.9 Å². The Hall–Kier alpha value is -8.12. The molecule has 0 amide bonds. The number of imidazole rings is 1. The van der Waals surface area contributed by atoms with Crippen molar-refractivity contribution in [3.8, 4) is 61.8 Å². The van der Waals surface area contributed by atoms with E-state index in [1.54, 1.807) is 6.26 Å². The maximum absolute atomic E-state index is 4.81. The van der Waals surface area contributed by atoms with Crippen molar-refractivity contribution in [3.63, 3.8) is 0 Å². The molecule has 0 aliphatic heterocycles. The Morgan fingerprint density at radius 2 is 0.903 bits per heavy atom. The highest BCUT2D eigenvalue weighted by Crippen LogP contribution is 2.44. The SMILES string of the molecule is C/C=C\C.CC.CS.Cc1ccc(-c2ccc3c(c2)-c2cc(-c4cc(-n5c6ccccc6c6ccccc65)cc(-n5c6ccccc6c6ccccc65)c4)ccc2C3)c(C)c1-n1ccnc1-c1ccccc1. The van der Waals surface area contributed by atoms with E-state index in [-0.39, 0.29) is 0 Å². The quantitative estimate of drug-likeness (QED) is 0.131. The molecular weight excluding hydrogens is 893 g/mol. The van der Waals surface area contributed by atoms with Crippen molar-refractivity contribution in [2.75, 3.05) is 6.26 Å². The first kappa shape index (κ1) is 47.6. The van der Waals surface area contributed by atoms with Crippen molar-refractivity contribution in [3.05, 3.63) is 241 Å². The van der Waals surface area contributed by atoms with Gasteiger partial charge in [-0.2, -0.15) is 12.6 Å². The highest BCUT2D eigenvalue weighted by atomic mass is 32.1. The van der Waals surface area contributed by atoms with Gasteiger partial charge in [0.1, 0.15) is 5.82 Å². The molecule has 0 saturated carbocycles. The molecule has 0 saturated heterocycles. The van der Waals surface area contributed by atoms with Gasteiger partial charge in [-0.1, -0.05) is 166 Å². The molecule has 4 nitrogen and oxygen atoms in total. The molecule has 354 valence electrons. The molecular formula is C67H60N4S. The number of aromatic nitrogens is 4. The Morgan fingerprint density at radius 3 is 1.40 bits per heavy atom. The molecule has 0 bridgehead atoms. The van der Waals surface area contributed by atoms with Crippen LogP contribution in [0.1, 0.15) is 49.9 Å². The molecule has 72 heavy (non-hydrogen) atoms. The third-order valence-corrected chi connectivity index (χ3v) is 14.0. The average molecular weight is 953 g/mol. The van der Waals surface area contributed by atoms with Crippen molar-refractivity contribution in [2.24, 2.45) is 0 Å². The Kier molecular flexibility index (Phi) is 13.7. The molecule has 3 aromatic heterocycles. The number of hydrogen-bond donors (Lipinski definition) is 1. The van der Waals surface area contributed by atoms with Gasteiger partial charge in [-0.3, -0.25) is 4.57 Å². The molecule has 12 aromatic rings.